The maximum Gasteiger partial charge on any atom is 0.252 e. The van der Waals surface area contributed by atoms with Gasteiger partial charge in [0.25, 0.3) is 5.91 Å². The predicted octanol–water partition coefficient (Wildman–Crippen LogP) is 3.35. The Kier molecular flexibility index (Phi) is 4.10. The number of carbonyl (C=O) groups is 1. The van der Waals surface area contributed by atoms with Crippen LogP contribution in [-0.4, -0.2) is 17.4 Å². The van der Waals surface area contributed by atoms with Crippen molar-refractivity contribution in [3.63, 3.8) is 0 Å². The van der Waals surface area contributed by atoms with E-state index in [0.717, 1.165) is 10.9 Å². The SMILES string of the molecule is O=C(NCCc1ccccc1F)c1ccnc2ccccc12. The summed E-state index contributed by atoms with van der Waals surface area (Å²) in [4.78, 5) is 16.5. The van der Waals surface area contributed by atoms with Crippen molar-refractivity contribution in [2.75, 3.05) is 6.54 Å². The Labute approximate surface area is 127 Å². The van der Waals surface area contributed by atoms with Crippen molar-refractivity contribution in [3.05, 3.63) is 77.7 Å². The van der Waals surface area contributed by atoms with Crippen LogP contribution in [0.25, 0.3) is 10.9 Å². The van der Waals surface area contributed by atoms with Crippen LogP contribution in [0, 0.1) is 5.82 Å². The maximum atomic E-state index is 13.5. The quantitative estimate of drug-likeness (QED) is 0.802. The van der Waals surface area contributed by atoms with Crippen LogP contribution in [0.2, 0.25) is 0 Å². The number of fused-ring (bicyclic) bond motifs is 1. The smallest absolute Gasteiger partial charge is 0.252 e. The van der Waals surface area contributed by atoms with Crippen molar-refractivity contribution >= 4 is 16.8 Å². The number of hydrogen-bond acceptors (Lipinski definition) is 2. The number of pyridine rings is 1. The van der Waals surface area contributed by atoms with Gasteiger partial charge in [-0.05, 0) is 30.2 Å². The molecule has 3 nitrogen and oxygen atoms in total. The number of nitrogens with one attached hydrogen (secondary N) is 1. The minimum Gasteiger partial charge on any atom is -0.352 e. The van der Waals surface area contributed by atoms with E-state index >= 15 is 0 Å². The molecule has 22 heavy (non-hydrogen) atoms. The number of aromatic nitrogens is 1. The van der Waals surface area contributed by atoms with Crippen LogP contribution in [0.1, 0.15) is 15.9 Å². The number of hydrogen-bond donors (Lipinski definition) is 1. The van der Waals surface area contributed by atoms with Gasteiger partial charge in [-0.2, -0.15) is 0 Å². The highest BCUT2D eigenvalue weighted by Crippen LogP contribution is 2.16. The average Bonchev–Trinajstić information content (AvgIpc) is 2.56. The summed E-state index contributed by atoms with van der Waals surface area (Å²) in [6, 6.07) is 15.8. The zero-order chi connectivity index (χ0) is 15.4. The summed E-state index contributed by atoms with van der Waals surface area (Å²) in [6.45, 7) is 0.385. The zero-order valence-corrected chi connectivity index (χ0v) is 11.9. The van der Waals surface area contributed by atoms with Gasteiger partial charge < -0.3 is 5.32 Å². The molecule has 0 saturated carbocycles. The largest absolute Gasteiger partial charge is 0.352 e. The van der Waals surface area contributed by atoms with Crippen molar-refractivity contribution in [2.45, 2.75) is 6.42 Å². The van der Waals surface area contributed by atoms with E-state index in [2.05, 4.69) is 10.3 Å². The molecule has 2 aromatic carbocycles. The summed E-state index contributed by atoms with van der Waals surface area (Å²) >= 11 is 0. The number of nitrogens with zero attached hydrogens (tertiary/aromatic N) is 1. The van der Waals surface area contributed by atoms with E-state index in [-0.39, 0.29) is 11.7 Å². The van der Waals surface area contributed by atoms with E-state index in [1.165, 1.54) is 6.07 Å². The molecule has 1 heterocycles. The highest BCUT2D eigenvalue weighted by Gasteiger charge is 2.10. The van der Waals surface area contributed by atoms with Crippen molar-refractivity contribution < 1.29 is 9.18 Å². The highest BCUT2D eigenvalue weighted by molar-refractivity contribution is 6.05. The predicted molar refractivity (Wildman–Crippen MR) is 84.2 cm³/mol. The molecule has 0 radical (unpaired) electrons. The molecular weight excluding hydrogens is 279 g/mol. The summed E-state index contributed by atoms with van der Waals surface area (Å²) in [6.07, 6.45) is 2.08. The molecule has 0 unspecified atom stereocenters. The van der Waals surface area contributed by atoms with Gasteiger partial charge >= 0.3 is 0 Å². The Morgan fingerprint density at radius 3 is 2.68 bits per heavy atom. The minimum absolute atomic E-state index is 0.171. The van der Waals surface area contributed by atoms with Crippen molar-refractivity contribution in [1.82, 2.24) is 10.3 Å². The molecule has 1 amide bonds. The summed E-state index contributed by atoms with van der Waals surface area (Å²) in [5, 5.41) is 3.65. The first-order valence-electron chi connectivity index (χ1n) is 7.11. The van der Waals surface area contributed by atoms with Gasteiger partial charge in [-0.3, -0.25) is 9.78 Å². The molecule has 4 heteroatoms. The molecule has 0 fully saturated rings. The van der Waals surface area contributed by atoms with Crippen molar-refractivity contribution in [3.8, 4) is 0 Å². The standard InChI is InChI=1S/C18H15FN2O/c19-16-7-3-1-5-13(16)9-11-21-18(22)15-10-12-20-17-8-4-2-6-14(15)17/h1-8,10,12H,9,11H2,(H,21,22). The molecule has 0 spiro atoms. The number of halogens is 1. The van der Waals surface area contributed by atoms with E-state index in [0.29, 0.717) is 24.1 Å². The number of rotatable bonds is 4. The molecule has 0 atom stereocenters. The third-order valence-corrected chi connectivity index (χ3v) is 3.53. The third-order valence-electron chi connectivity index (χ3n) is 3.53. The van der Waals surface area contributed by atoms with Gasteiger partial charge in [-0.15, -0.1) is 0 Å². The van der Waals surface area contributed by atoms with Crippen LogP contribution < -0.4 is 5.32 Å². The lowest BCUT2D eigenvalue weighted by Crippen LogP contribution is -2.26. The Balaban J connectivity index is 1.70. The van der Waals surface area contributed by atoms with Crippen LogP contribution >= 0.6 is 0 Å². The molecule has 3 aromatic rings. The topological polar surface area (TPSA) is 42.0 Å². The maximum absolute atomic E-state index is 13.5. The third kappa shape index (κ3) is 2.96. The van der Waals surface area contributed by atoms with Gasteiger partial charge in [0.05, 0.1) is 11.1 Å². The lowest BCUT2D eigenvalue weighted by Gasteiger charge is -2.08. The van der Waals surface area contributed by atoms with E-state index in [9.17, 15) is 9.18 Å². The molecule has 0 bridgehead atoms. The van der Waals surface area contributed by atoms with Crippen LogP contribution in [0.3, 0.4) is 0 Å². The second-order valence-electron chi connectivity index (χ2n) is 4.97. The molecule has 0 aliphatic rings. The second kappa shape index (κ2) is 6.35. The number of carbonyl (C=O) groups excluding carboxylic acids is 1. The van der Waals surface area contributed by atoms with Crippen molar-refractivity contribution in [1.29, 1.82) is 0 Å². The zero-order valence-electron chi connectivity index (χ0n) is 11.9. The summed E-state index contributed by atoms with van der Waals surface area (Å²) < 4.78 is 13.5. The van der Waals surface area contributed by atoms with Crippen LogP contribution in [0.4, 0.5) is 4.39 Å². The Bertz CT molecular complexity index is 812. The first kappa shape index (κ1) is 14.2. The van der Waals surface area contributed by atoms with E-state index in [1.54, 1.807) is 30.5 Å². The lowest BCUT2D eigenvalue weighted by atomic mass is 10.1. The normalized spacial score (nSPS) is 10.6. The summed E-state index contributed by atoms with van der Waals surface area (Å²) in [5.74, 6) is -0.416. The van der Waals surface area contributed by atoms with Gasteiger partial charge in [0.2, 0.25) is 0 Å². The number of para-hydroxylation sites is 1. The molecule has 1 aromatic heterocycles. The lowest BCUT2D eigenvalue weighted by molar-refractivity contribution is 0.0955. The molecule has 0 saturated heterocycles. The van der Waals surface area contributed by atoms with Gasteiger partial charge in [-0.25, -0.2) is 4.39 Å². The van der Waals surface area contributed by atoms with Crippen LogP contribution in [0.5, 0.6) is 0 Å². The number of benzene rings is 2. The molecule has 0 aliphatic heterocycles. The van der Waals surface area contributed by atoms with Gasteiger partial charge in [0, 0.05) is 18.1 Å². The fourth-order valence-corrected chi connectivity index (χ4v) is 2.40. The van der Waals surface area contributed by atoms with Gasteiger partial charge in [0.1, 0.15) is 5.82 Å². The van der Waals surface area contributed by atoms with E-state index in [1.807, 2.05) is 24.3 Å². The Hall–Kier alpha value is -2.75. The molecule has 3 rings (SSSR count). The molecule has 0 aliphatic carbocycles. The van der Waals surface area contributed by atoms with E-state index < -0.39 is 0 Å². The Morgan fingerprint density at radius 1 is 1.05 bits per heavy atom. The van der Waals surface area contributed by atoms with Crippen molar-refractivity contribution in [2.24, 2.45) is 0 Å². The van der Waals surface area contributed by atoms with Gasteiger partial charge in [0.15, 0.2) is 0 Å². The highest BCUT2D eigenvalue weighted by atomic mass is 19.1. The first-order chi connectivity index (χ1) is 10.8. The molecule has 1 N–H and O–H groups in total. The van der Waals surface area contributed by atoms with Crippen LogP contribution in [0.15, 0.2) is 60.8 Å². The van der Waals surface area contributed by atoms with Crippen LogP contribution in [-0.2, 0) is 6.42 Å². The fourth-order valence-electron chi connectivity index (χ4n) is 2.40. The summed E-state index contributed by atoms with van der Waals surface area (Å²) in [5.41, 5.74) is 1.96. The second-order valence-corrected chi connectivity index (χ2v) is 4.97. The number of amides is 1. The average molecular weight is 294 g/mol. The Morgan fingerprint density at radius 2 is 1.82 bits per heavy atom. The first-order valence-corrected chi connectivity index (χ1v) is 7.11. The minimum atomic E-state index is -0.244. The molecular formula is C18H15FN2O. The summed E-state index contributed by atoms with van der Waals surface area (Å²) in [7, 11) is 0. The van der Waals surface area contributed by atoms with E-state index in [4.69, 9.17) is 0 Å². The fraction of sp³-hybridized carbons (Fsp3) is 0.111. The van der Waals surface area contributed by atoms with Gasteiger partial charge in [-0.1, -0.05) is 36.4 Å². The molecule has 110 valence electrons. The monoisotopic (exact) mass is 294 g/mol.